The van der Waals surface area contributed by atoms with E-state index < -0.39 is 6.10 Å². The molecule has 0 fully saturated rings. The van der Waals surface area contributed by atoms with Crippen LogP contribution < -0.4 is 5.32 Å². The van der Waals surface area contributed by atoms with Gasteiger partial charge in [0.05, 0.1) is 11.6 Å². The molecule has 2 N–H and O–H groups in total. The van der Waals surface area contributed by atoms with Gasteiger partial charge in [-0.2, -0.15) is 0 Å². The molecule has 4 nitrogen and oxygen atoms in total. The summed E-state index contributed by atoms with van der Waals surface area (Å²) in [6.45, 7) is 2.13. The fourth-order valence-electron chi connectivity index (χ4n) is 1.43. The van der Waals surface area contributed by atoms with Gasteiger partial charge in [-0.25, -0.2) is 9.97 Å². The SMILES string of the molecule is C[C@@H](O)CNc1nc(Cl)nc2ccccc12. The zero-order valence-electron chi connectivity index (χ0n) is 8.81. The maximum Gasteiger partial charge on any atom is 0.224 e. The second-order valence-electron chi connectivity index (χ2n) is 3.59. The Morgan fingerprint density at radius 1 is 1.38 bits per heavy atom. The van der Waals surface area contributed by atoms with E-state index in [-0.39, 0.29) is 5.28 Å². The van der Waals surface area contributed by atoms with Crippen LogP contribution in [0.2, 0.25) is 5.28 Å². The summed E-state index contributed by atoms with van der Waals surface area (Å²) in [6.07, 6.45) is -0.437. The summed E-state index contributed by atoms with van der Waals surface area (Å²) in [5.41, 5.74) is 0.788. The summed E-state index contributed by atoms with van der Waals surface area (Å²) in [5, 5.41) is 13.4. The molecule has 84 valence electrons. The Morgan fingerprint density at radius 2 is 2.12 bits per heavy atom. The largest absolute Gasteiger partial charge is 0.392 e. The first-order valence-corrected chi connectivity index (χ1v) is 5.39. The first-order chi connectivity index (χ1) is 7.66. The smallest absolute Gasteiger partial charge is 0.224 e. The Labute approximate surface area is 98.3 Å². The van der Waals surface area contributed by atoms with Crippen molar-refractivity contribution >= 4 is 28.3 Å². The Morgan fingerprint density at radius 3 is 2.88 bits per heavy atom. The standard InChI is InChI=1S/C11H12ClN3O/c1-7(16)6-13-10-8-4-2-3-5-9(8)14-11(12)15-10/h2-5,7,16H,6H2,1H3,(H,13,14,15)/t7-/m1/s1. The Balaban J connectivity index is 2.42. The van der Waals surface area contributed by atoms with Crippen molar-refractivity contribution in [2.24, 2.45) is 0 Å². The molecule has 1 aromatic carbocycles. The highest BCUT2D eigenvalue weighted by Gasteiger charge is 2.06. The fourth-order valence-corrected chi connectivity index (χ4v) is 1.60. The van der Waals surface area contributed by atoms with Crippen molar-refractivity contribution < 1.29 is 5.11 Å². The van der Waals surface area contributed by atoms with Gasteiger partial charge in [-0.05, 0) is 30.7 Å². The number of nitrogens with zero attached hydrogens (tertiary/aromatic N) is 2. The van der Waals surface area contributed by atoms with Crippen LogP contribution in [0.25, 0.3) is 10.9 Å². The monoisotopic (exact) mass is 237 g/mol. The summed E-state index contributed by atoms with van der Waals surface area (Å²) < 4.78 is 0. The third kappa shape index (κ3) is 2.40. The summed E-state index contributed by atoms with van der Waals surface area (Å²) in [7, 11) is 0. The highest BCUT2D eigenvalue weighted by Crippen LogP contribution is 2.21. The molecule has 0 unspecified atom stereocenters. The average molecular weight is 238 g/mol. The van der Waals surface area contributed by atoms with Gasteiger partial charge in [-0.3, -0.25) is 0 Å². The number of anilines is 1. The molecule has 0 saturated carbocycles. The highest BCUT2D eigenvalue weighted by molar-refractivity contribution is 6.28. The van der Waals surface area contributed by atoms with Crippen molar-refractivity contribution in [3.63, 3.8) is 0 Å². The molecule has 0 radical (unpaired) electrons. The van der Waals surface area contributed by atoms with E-state index in [1.807, 2.05) is 24.3 Å². The van der Waals surface area contributed by atoms with Crippen molar-refractivity contribution in [2.75, 3.05) is 11.9 Å². The molecular formula is C11H12ClN3O. The lowest BCUT2D eigenvalue weighted by Gasteiger charge is -2.10. The summed E-state index contributed by atoms with van der Waals surface area (Å²) in [5.74, 6) is 0.650. The van der Waals surface area contributed by atoms with Crippen molar-refractivity contribution in [1.82, 2.24) is 9.97 Å². The number of aromatic nitrogens is 2. The third-order valence-corrected chi connectivity index (χ3v) is 2.31. The molecule has 1 atom stereocenters. The van der Waals surface area contributed by atoms with Gasteiger partial charge in [-0.1, -0.05) is 12.1 Å². The summed E-state index contributed by atoms with van der Waals surface area (Å²) in [4.78, 5) is 8.22. The number of fused-ring (bicyclic) bond motifs is 1. The predicted octanol–water partition coefficient (Wildman–Crippen LogP) is 2.08. The van der Waals surface area contributed by atoms with Gasteiger partial charge in [-0.15, -0.1) is 0 Å². The van der Waals surface area contributed by atoms with Gasteiger partial charge < -0.3 is 10.4 Å². The van der Waals surface area contributed by atoms with E-state index in [1.165, 1.54) is 0 Å². The second-order valence-corrected chi connectivity index (χ2v) is 3.93. The molecule has 2 rings (SSSR count). The van der Waals surface area contributed by atoms with Crippen LogP contribution in [0.1, 0.15) is 6.92 Å². The molecule has 1 heterocycles. The fraction of sp³-hybridized carbons (Fsp3) is 0.273. The number of halogens is 1. The molecule has 0 aliphatic heterocycles. The predicted molar refractivity (Wildman–Crippen MR) is 64.7 cm³/mol. The van der Waals surface area contributed by atoms with Gasteiger partial charge in [0, 0.05) is 11.9 Å². The van der Waals surface area contributed by atoms with E-state index in [4.69, 9.17) is 11.6 Å². The van der Waals surface area contributed by atoms with Crippen LogP contribution in [0.4, 0.5) is 5.82 Å². The van der Waals surface area contributed by atoms with Crippen LogP contribution in [0.3, 0.4) is 0 Å². The molecule has 0 aliphatic carbocycles. The molecule has 0 aliphatic rings. The quantitative estimate of drug-likeness (QED) is 0.803. The van der Waals surface area contributed by atoms with Gasteiger partial charge in [0.2, 0.25) is 5.28 Å². The van der Waals surface area contributed by atoms with E-state index in [0.717, 1.165) is 10.9 Å². The zero-order valence-corrected chi connectivity index (χ0v) is 9.57. The van der Waals surface area contributed by atoms with Gasteiger partial charge in [0.15, 0.2) is 0 Å². The topological polar surface area (TPSA) is 58.0 Å². The van der Waals surface area contributed by atoms with Crippen LogP contribution in [0.5, 0.6) is 0 Å². The maximum absolute atomic E-state index is 9.22. The lowest BCUT2D eigenvalue weighted by Crippen LogP contribution is -2.16. The number of hydrogen-bond donors (Lipinski definition) is 2. The Hall–Kier alpha value is -1.39. The number of benzene rings is 1. The molecular weight excluding hydrogens is 226 g/mol. The van der Waals surface area contributed by atoms with Crippen molar-refractivity contribution in [3.05, 3.63) is 29.5 Å². The minimum Gasteiger partial charge on any atom is -0.392 e. The lowest BCUT2D eigenvalue weighted by atomic mass is 10.2. The van der Waals surface area contributed by atoms with Crippen molar-refractivity contribution in [2.45, 2.75) is 13.0 Å². The van der Waals surface area contributed by atoms with E-state index in [9.17, 15) is 5.11 Å². The van der Waals surface area contributed by atoms with Crippen molar-refractivity contribution in [3.8, 4) is 0 Å². The van der Waals surface area contributed by atoms with Gasteiger partial charge in [0.1, 0.15) is 5.82 Å². The zero-order chi connectivity index (χ0) is 11.5. The molecule has 0 bridgehead atoms. The van der Waals surface area contributed by atoms with Gasteiger partial charge >= 0.3 is 0 Å². The number of aliphatic hydroxyl groups excluding tert-OH is 1. The maximum atomic E-state index is 9.22. The average Bonchev–Trinajstić information content (AvgIpc) is 2.25. The normalized spacial score (nSPS) is 12.7. The molecule has 16 heavy (non-hydrogen) atoms. The Bertz CT molecular complexity index is 502. The van der Waals surface area contributed by atoms with Gasteiger partial charge in [0.25, 0.3) is 0 Å². The molecule has 0 saturated heterocycles. The molecule has 5 heteroatoms. The lowest BCUT2D eigenvalue weighted by molar-refractivity contribution is 0.208. The molecule has 2 aromatic rings. The van der Waals surface area contributed by atoms with Crippen LogP contribution in [-0.4, -0.2) is 27.7 Å². The Kier molecular flexibility index (Phi) is 3.22. The molecule has 0 amide bonds. The van der Waals surface area contributed by atoms with Crippen LogP contribution in [0, 0.1) is 0 Å². The summed E-state index contributed by atoms with van der Waals surface area (Å²) >= 11 is 5.81. The minimum absolute atomic E-state index is 0.201. The number of aliphatic hydroxyl groups is 1. The minimum atomic E-state index is -0.437. The van der Waals surface area contributed by atoms with Crippen LogP contribution in [-0.2, 0) is 0 Å². The summed E-state index contributed by atoms with van der Waals surface area (Å²) in [6, 6.07) is 7.59. The number of rotatable bonds is 3. The molecule has 0 spiro atoms. The highest BCUT2D eigenvalue weighted by atomic mass is 35.5. The number of hydrogen-bond acceptors (Lipinski definition) is 4. The first kappa shape index (κ1) is 11.1. The van der Waals surface area contributed by atoms with Crippen LogP contribution in [0.15, 0.2) is 24.3 Å². The van der Waals surface area contributed by atoms with Crippen molar-refractivity contribution in [1.29, 1.82) is 0 Å². The van der Waals surface area contributed by atoms with Crippen LogP contribution >= 0.6 is 11.6 Å². The first-order valence-electron chi connectivity index (χ1n) is 5.01. The van der Waals surface area contributed by atoms with E-state index in [2.05, 4.69) is 15.3 Å². The third-order valence-electron chi connectivity index (χ3n) is 2.14. The molecule has 1 aromatic heterocycles. The number of nitrogens with one attached hydrogen (secondary N) is 1. The van der Waals surface area contributed by atoms with E-state index in [0.29, 0.717) is 12.4 Å². The number of para-hydroxylation sites is 1. The van der Waals surface area contributed by atoms with E-state index in [1.54, 1.807) is 6.92 Å². The second kappa shape index (κ2) is 4.63. The van der Waals surface area contributed by atoms with E-state index >= 15 is 0 Å².